The number of anilines is 2. The zero-order chi connectivity index (χ0) is 18.1. The van der Waals surface area contributed by atoms with E-state index in [1.807, 2.05) is 0 Å². The number of allylic oxidation sites excluding steroid dienone is 1. The molecule has 2 aromatic rings. The Hall–Kier alpha value is -3.42. The molecule has 1 aliphatic carbocycles. The van der Waals surface area contributed by atoms with Crippen LogP contribution >= 0.6 is 0 Å². The molecule has 0 saturated heterocycles. The van der Waals surface area contributed by atoms with Gasteiger partial charge in [-0.1, -0.05) is 18.2 Å². The predicted octanol–water partition coefficient (Wildman–Crippen LogP) is 0.734. The van der Waals surface area contributed by atoms with Crippen LogP contribution in [0.15, 0.2) is 45.1 Å². The Kier molecular flexibility index (Phi) is 2.75. The van der Waals surface area contributed by atoms with Crippen molar-refractivity contribution in [1.29, 1.82) is 0 Å². The topological polar surface area (TPSA) is 124 Å². The summed E-state index contributed by atoms with van der Waals surface area (Å²) in [6, 6.07) is 7.00. The number of para-hydroxylation sites is 1. The van der Waals surface area contributed by atoms with Gasteiger partial charge in [-0.05, 0) is 18.9 Å². The van der Waals surface area contributed by atoms with Crippen LogP contribution in [0.25, 0.3) is 0 Å². The monoisotopic (exact) mass is 350 g/mol. The number of carbonyl (C=O) groups excluding carboxylic acids is 2. The van der Waals surface area contributed by atoms with Gasteiger partial charge in [0.05, 0.1) is 5.56 Å². The van der Waals surface area contributed by atoms with Gasteiger partial charge in [0.2, 0.25) is 5.91 Å². The molecule has 3 aliphatic rings. The molecule has 0 saturated carbocycles. The summed E-state index contributed by atoms with van der Waals surface area (Å²) in [6.45, 7) is 0. The lowest BCUT2D eigenvalue weighted by atomic mass is 9.64. The summed E-state index contributed by atoms with van der Waals surface area (Å²) in [7, 11) is 0. The lowest BCUT2D eigenvalue weighted by Gasteiger charge is -2.38. The third kappa shape index (κ3) is 1.63. The van der Waals surface area contributed by atoms with Crippen LogP contribution in [0.3, 0.4) is 0 Å². The van der Waals surface area contributed by atoms with E-state index in [1.165, 1.54) is 0 Å². The summed E-state index contributed by atoms with van der Waals surface area (Å²) in [5, 5.41) is 5.81. The molecule has 1 amide bonds. The smallest absolute Gasteiger partial charge is 0.327 e. The zero-order valence-electron chi connectivity index (χ0n) is 13.6. The average Bonchev–Trinajstić information content (AvgIpc) is 2.87. The van der Waals surface area contributed by atoms with Crippen molar-refractivity contribution in [1.82, 2.24) is 9.97 Å². The molecule has 130 valence electrons. The molecule has 0 radical (unpaired) electrons. The summed E-state index contributed by atoms with van der Waals surface area (Å²) in [5.41, 5.74) is -0.870. The average molecular weight is 350 g/mol. The maximum Gasteiger partial charge on any atom is 0.327 e. The summed E-state index contributed by atoms with van der Waals surface area (Å²) in [6.07, 6.45) is 1.52. The summed E-state index contributed by atoms with van der Waals surface area (Å²) in [4.78, 5) is 55.4. The fraction of sp³-hybridized carbons (Fsp3) is 0.222. The molecular formula is C18H14N4O4. The van der Waals surface area contributed by atoms with Crippen LogP contribution in [0.4, 0.5) is 11.5 Å². The van der Waals surface area contributed by atoms with Crippen LogP contribution in [-0.4, -0.2) is 21.7 Å². The second-order valence-electron chi connectivity index (χ2n) is 6.66. The minimum absolute atomic E-state index is 0.0496. The van der Waals surface area contributed by atoms with E-state index in [1.54, 1.807) is 24.3 Å². The van der Waals surface area contributed by atoms with Crippen molar-refractivity contribution in [2.45, 2.75) is 24.7 Å². The predicted molar refractivity (Wildman–Crippen MR) is 93.0 cm³/mol. The summed E-state index contributed by atoms with van der Waals surface area (Å²) < 4.78 is 0. The molecule has 1 aromatic heterocycles. The second kappa shape index (κ2) is 4.81. The SMILES string of the molecule is O=C1CCCC2=C1C1(C(=O)Nc3ccccc31)c1c([nH]c(=O)[nH]c1=O)N2. The normalized spacial score (nSPS) is 23.2. The van der Waals surface area contributed by atoms with Gasteiger partial charge in [-0.25, -0.2) is 4.79 Å². The number of H-pyrrole nitrogens is 2. The Balaban J connectivity index is 1.99. The van der Waals surface area contributed by atoms with E-state index in [2.05, 4.69) is 20.6 Å². The van der Waals surface area contributed by atoms with Crippen LogP contribution in [0, 0.1) is 0 Å². The number of rotatable bonds is 0. The van der Waals surface area contributed by atoms with Crippen molar-refractivity contribution in [3.63, 3.8) is 0 Å². The number of nitrogens with one attached hydrogen (secondary N) is 4. The molecule has 5 rings (SSSR count). The van der Waals surface area contributed by atoms with Crippen LogP contribution < -0.4 is 21.9 Å². The first-order valence-electron chi connectivity index (χ1n) is 8.35. The molecule has 1 unspecified atom stereocenters. The maximum atomic E-state index is 13.2. The van der Waals surface area contributed by atoms with E-state index in [0.717, 1.165) is 0 Å². The fourth-order valence-corrected chi connectivity index (χ4v) is 4.37. The van der Waals surface area contributed by atoms with Crippen LogP contribution in [0.5, 0.6) is 0 Å². The van der Waals surface area contributed by atoms with E-state index >= 15 is 0 Å². The second-order valence-corrected chi connectivity index (χ2v) is 6.66. The Morgan fingerprint density at radius 3 is 2.58 bits per heavy atom. The minimum Gasteiger partial charge on any atom is -0.344 e. The van der Waals surface area contributed by atoms with Crippen molar-refractivity contribution >= 4 is 23.2 Å². The molecule has 26 heavy (non-hydrogen) atoms. The highest BCUT2D eigenvalue weighted by Gasteiger charge is 2.58. The number of Topliss-reactive ketones (excluding diaryl/α,β-unsaturated/α-hetero) is 1. The molecule has 8 heteroatoms. The Bertz CT molecular complexity index is 1160. The standard InChI is InChI=1S/C18H14N4O4/c23-11-7-3-6-10-12(11)18(8-4-1-2-5-9(8)20-16(18)25)13-14(19-10)21-17(26)22-15(13)24/h1-2,4-5H,3,6-7H2,(H,20,25)(H3,19,21,22,24,26). The third-order valence-electron chi connectivity index (χ3n) is 5.30. The molecule has 3 heterocycles. The number of benzene rings is 1. The fourth-order valence-electron chi connectivity index (χ4n) is 4.37. The number of aromatic amines is 2. The van der Waals surface area contributed by atoms with E-state index in [9.17, 15) is 19.2 Å². The van der Waals surface area contributed by atoms with E-state index in [4.69, 9.17) is 0 Å². The number of hydrogen-bond acceptors (Lipinski definition) is 5. The van der Waals surface area contributed by atoms with Gasteiger partial charge in [0.1, 0.15) is 11.2 Å². The van der Waals surface area contributed by atoms with Gasteiger partial charge < -0.3 is 10.6 Å². The number of aromatic nitrogens is 2. The van der Waals surface area contributed by atoms with Crippen LogP contribution in [-0.2, 0) is 15.0 Å². The lowest BCUT2D eigenvalue weighted by molar-refractivity contribution is -0.122. The molecule has 2 aliphatic heterocycles. The van der Waals surface area contributed by atoms with Crippen molar-refractivity contribution in [3.05, 3.63) is 67.5 Å². The number of carbonyl (C=O) groups is 2. The number of ketones is 1. The van der Waals surface area contributed by atoms with Gasteiger partial charge in [0.25, 0.3) is 5.56 Å². The molecule has 1 spiro atoms. The van der Waals surface area contributed by atoms with E-state index < -0.39 is 22.6 Å². The molecule has 1 atom stereocenters. The van der Waals surface area contributed by atoms with Gasteiger partial charge in [0, 0.05) is 28.9 Å². The largest absolute Gasteiger partial charge is 0.344 e. The minimum atomic E-state index is -1.55. The van der Waals surface area contributed by atoms with Crippen molar-refractivity contribution in [2.75, 3.05) is 10.6 Å². The highest BCUT2D eigenvalue weighted by Crippen LogP contribution is 2.53. The van der Waals surface area contributed by atoms with Crippen molar-refractivity contribution in [3.8, 4) is 0 Å². The molecule has 0 bridgehead atoms. The quantitative estimate of drug-likeness (QED) is 0.558. The molecule has 1 aromatic carbocycles. The summed E-state index contributed by atoms with van der Waals surface area (Å²) in [5.74, 6) is -0.456. The van der Waals surface area contributed by atoms with Gasteiger partial charge in [0.15, 0.2) is 5.78 Å². The van der Waals surface area contributed by atoms with Crippen LogP contribution in [0.1, 0.15) is 30.4 Å². The van der Waals surface area contributed by atoms with E-state index in [0.29, 0.717) is 41.8 Å². The van der Waals surface area contributed by atoms with Gasteiger partial charge in [-0.2, -0.15) is 0 Å². The van der Waals surface area contributed by atoms with Crippen molar-refractivity contribution < 1.29 is 9.59 Å². The molecular weight excluding hydrogens is 336 g/mol. The number of fused-ring (bicyclic) bond motifs is 5. The highest BCUT2D eigenvalue weighted by atomic mass is 16.2. The van der Waals surface area contributed by atoms with Crippen LogP contribution in [0.2, 0.25) is 0 Å². The van der Waals surface area contributed by atoms with Gasteiger partial charge >= 0.3 is 5.69 Å². The molecule has 4 N–H and O–H groups in total. The van der Waals surface area contributed by atoms with E-state index in [-0.39, 0.29) is 17.2 Å². The number of hydrogen-bond donors (Lipinski definition) is 4. The first-order valence-corrected chi connectivity index (χ1v) is 8.35. The van der Waals surface area contributed by atoms with Gasteiger partial charge in [-0.15, -0.1) is 0 Å². The summed E-state index contributed by atoms with van der Waals surface area (Å²) >= 11 is 0. The van der Waals surface area contributed by atoms with Crippen molar-refractivity contribution in [2.24, 2.45) is 0 Å². The third-order valence-corrected chi connectivity index (χ3v) is 5.30. The van der Waals surface area contributed by atoms with Gasteiger partial charge in [-0.3, -0.25) is 24.4 Å². The number of amides is 1. The first kappa shape index (κ1) is 14.9. The zero-order valence-corrected chi connectivity index (χ0v) is 13.6. The Morgan fingerprint density at radius 1 is 0.923 bits per heavy atom. The maximum absolute atomic E-state index is 13.2. The first-order chi connectivity index (χ1) is 12.5. The molecule has 0 fully saturated rings. The molecule has 8 nitrogen and oxygen atoms in total. The highest BCUT2D eigenvalue weighted by molar-refractivity contribution is 6.19. The lowest BCUT2D eigenvalue weighted by Crippen LogP contribution is -2.50. The Morgan fingerprint density at radius 2 is 1.73 bits per heavy atom. The Labute approximate surface area is 146 Å².